The number of amides is 2. The zero-order valence-electron chi connectivity index (χ0n) is 15.7. The van der Waals surface area contributed by atoms with Crippen molar-refractivity contribution in [3.05, 3.63) is 59.7 Å². The molecule has 2 amide bonds. The first-order valence-corrected chi connectivity index (χ1v) is 8.55. The number of rotatable bonds is 5. The highest BCUT2D eigenvalue weighted by atomic mass is 19.4. The minimum Gasteiger partial charge on any atom is -0.355 e. The molecule has 0 aromatic heterocycles. The lowest BCUT2D eigenvalue weighted by atomic mass is 9.91. The molecule has 0 atom stereocenters. The number of carbonyl (C=O) groups is 2. The van der Waals surface area contributed by atoms with E-state index in [1.807, 2.05) is 6.07 Å². The number of hydrazine groups is 1. The third kappa shape index (κ3) is 6.24. The number of carbonyl (C=O) groups excluding carboxylic acids is 2. The fourth-order valence-electron chi connectivity index (χ4n) is 2.37. The Morgan fingerprint density at radius 2 is 1.62 bits per heavy atom. The molecule has 3 N–H and O–H groups in total. The van der Waals surface area contributed by atoms with E-state index in [4.69, 9.17) is 5.26 Å². The summed E-state index contributed by atoms with van der Waals surface area (Å²) in [5, 5.41) is 11.8. The van der Waals surface area contributed by atoms with Crippen LogP contribution < -0.4 is 16.2 Å². The van der Waals surface area contributed by atoms with Gasteiger partial charge in [0.25, 0.3) is 5.91 Å². The molecule has 2 rings (SSSR count). The summed E-state index contributed by atoms with van der Waals surface area (Å²) in [6.07, 6.45) is -4.54. The largest absolute Gasteiger partial charge is 0.416 e. The highest BCUT2D eigenvalue weighted by Crippen LogP contribution is 2.30. The molecular weight excluding hydrogens is 385 g/mol. The molecule has 9 heteroatoms. The first kappa shape index (κ1) is 21.8. The average Bonchev–Trinajstić information content (AvgIpc) is 2.66. The van der Waals surface area contributed by atoms with E-state index in [2.05, 4.69) is 16.2 Å². The normalized spacial score (nSPS) is 11.3. The lowest BCUT2D eigenvalue weighted by Crippen LogP contribution is -2.43. The molecule has 0 aliphatic carbocycles. The van der Waals surface area contributed by atoms with Crippen molar-refractivity contribution in [1.29, 1.82) is 5.26 Å². The summed E-state index contributed by atoms with van der Waals surface area (Å²) in [4.78, 5) is 24.3. The maximum atomic E-state index is 12.7. The molecule has 0 unspecified atom stereocenters. The van der Waals surface area contributed by atoms with Crippen LogP contribution in [0.1, 0.15) is 36.2 Å². The second kappa shape index (κ2) is 8.65. The van der Waals surface area contributed by atoms with Gasteiger partial charge in [-0.2, -0.15) is 18.4 Å². The second-order valence-corrected chi connectivity index (χ2v) is 6.92. The van der Waals surface area contributed by atoms with Crippen LogP contribution >= 0.6 is 0 Å². The molecule has 0 radical (unpaired) electrons. The smallest absolute Gasteiger partial charge is 0.355 e. The lowest BCUT2D eigenvalue weighted by molar-refractivity contribution is -0.137. The number of benzene rings is 2. The summed E-state index contributed by atoms with van der Waals surface area (Å²) in [6.45, 7) is 3.19. The van der Waals surface area contributed by atoms with Gasteiger partial charge < -0.3 is 5.32 Å². The zero-order chi connectivity index (χ0) is 21.7. The van der Waals surface area contributed by atoms with Crippen LogP contribution in [0, 0.1) is 16.7 Å². The van der Waals surface area contributed by atoms with E-state index in [-0.39, 0.29) is 12.0 Å². The molecule has 2 aromatic carbocycles. The molecule has 0 fully saturated rings. The van der Waals surface area contributed by atoms with Crippen molar-refractivity contribution in [3.63, 3.8) is 0 Å². The van der Waals surface area contributed by atoms with Crippen LogP contribution in [-0.4, -0.2) is 11.8 Å². The quantitative estimate of drug-likeness (QED) is 0.653. The van der Waals surface area contributed by atoms with E-state index in [1.54, 1.807) is 32.0 Å². The predicted octanol–water partition coefficient (Wildman–Crippen LogP) is 4.15. The Hall–Kier alpha value is -3.54. The Morgan fingerprint density at radius 3 is 2.21 bits per heavy atom. The molecule has 0 saturated heterocycles. The van der Waals surface area contributed by atoms with Crippen LogP contribution in [0.3, 0.4) is 0 Å². The van der Waals surface area contributed by atoms with Gasteiger partial charge in [0.15, 0.2) is 0 Å². The fourth-order valence-corrected chi connectivity index (χ4v) is 2.37. The molecule has 0 heterocycles. The Kier molecular flexibility index (Phi) is 6.49. The number of halogens is 3. The molecule has 6 nitrogen and oxygen atoms in total. The van der Waals surface area contributed by atoms with Crippen molar-refractivity contribution in [2.24, 2.45) is 5.41 Å². The molecule has 0 aliphatic heterocycles. The van der Waals surface area contributed by atoms with Gasteiger partial charge in [0.2, 0.25) is 5.91 Å². The Balaban J connectivity index is 2.07. The molecule has 0 bridgehead atoms. The Labute approximate surface area is 165 Å². The molecule has 2 aromatic rings. The van der Waals surface area contributed by atoms with Crippen molar-refractivity contribution in [1.82, 2.24) is 10.9 Å². The summed E-state index contributed by atoms with van der Waals surface area (Å²) >= 11 is 0. The van der Waals surface area contributed by atoms with Crippen LogP contribution in [0.2, 0.25) is 0 Å². The van der Waals surface area contributed by atoms with Gasteiger partial charge >= 0.3 is 6.18 Å². The number of hydrogen-bond donors (Lipinski definition) is 3. The summed E-state index contributed by atoms with van der Waals surface area (Å²) in [7, 11) is 0. The number of nitrogens with zero attached hydrogens (tertiary/aromatic N) is 1. The molecule has 0 spiro atoms. The van der Waals surface area contributed by atoms with Gasteiger partial charge in [0.1, 0.15) is 0 Å². The summed E-state index contributed by atoms with van der Waals surface area (Å²) < 4.78 is 38.0. The van der Waals surface area contributed by atoms with Crippen molar-refractivity contribution < 1.29 is 22.8 Å². The number of alkyl halides is 3. The van der Waals surface area contributed by atoms with Gasteiger partial charge in [-0.15, -0.1) is 0 Å². The Morgan fingerprint density at radius 1 is 1.00 bits per heavy atom. The van der Waals surface area contributed by atoms with Crippen molar-refractivity contribution in [2.45, 2.75) is 26.4 Å². The highest BCUT2D eigenvalue weighted by molar-refractivity contribution is 6.01. The first-order valence-electron chi connectivity index (χ1n) is 8.55. The van der Waals surface area contributed by atoms with E-state index >= 15 is 0 Å². The average molecular weight is 404 g/mol. The number of anilines is 2. The van der Waals surface area contributed by atoms with Gasteiger partial charge in [0.05, 0.1) is 28.3 Å². The van der Waals surface area contributed by atoms with E-state index in [9.17, 15) is 22.8 Å². The van der Waals surface area contributed by atoms with E-state index in [0.29, 0.717) is 11.4 Å². The second-order valence-electron chi connectivity index (χ2n) is 6.92. The van der Waals surface area contributed by atoms with Crippen molar-refractivity contribution >= 4 is 23.2 Å². The van der Waals surface area contributed by atoms with Crippen LogP contribution in [-0.2, 0) is 11.0 Å². The third-order valence-corrected chi connectivity index (χ3v) is 3.88. The van der Waals surface area contributed by atoms with Gasteiger partial charge in [-0.3, -0.25) is 20.4 Å². The van der Waals surface area contributed by atoms with E-state index in [1.165, 1.54) is 18.2 Å². The van der Waals surface area contributed by atoms with Gasteiger partial charge in [-0.1, -0.05) is 12.1 Å². The zero-order valence-corrected chi connectivity index (χ0v) is 15.7. The summed E-state index contributed by atoms with van der Waals surface area (Å²) in [6, 6.07) is 12.7. The maximum Gasteiger partial charge on any atom is 0.416 e. The topological polar surface area (TPSA) is 94.0 Å². The number of nitrogens with one attached hydrogen (secondary N) is 3. The van der Waals surface area contributed by atoms with Crippen LogP contribution in [0.5, 0.6) is 0 Å². The van der Waals surface area contributed by atoms with Gasteiger partial charge in [-0.05, 0) is 50.2 Å². The van der Waals surface area contributed by atoms with Crippen LogP contribution in [0.4, 0.5) is 24.5 Å². The number of para-hydroxylation sites is 1. The monoisotopic (exact) mass is 404 g/mol. The number of nitriles is 1. The fraction of sp³-hybridized carbons (Fsp3) is 0.250. The van der Waals surface area contributed by atoms with Crippen molar-refractivity contribution in [2.75, 3.05) is 5.32 Å². The van der Waals surface area contributed by atoms with E-state index in [0.717, 1.165) is 12.1 Å². The van der Waals surface area contributed by atoms with Gasteiger partial charge in [0, 0.05) is 12.1 Å². The highest BCUT2D eigenvalue weighted by Gasteiger charge is 2.30. The lowest BCUT2D eigenvalue weighted by Gasteiger charge is -2.16. The molecule has 29 heavy (non-hydrogen) atoms. The van der Waals surface area contributed by atoms with Gasteiger partial charge in [-0.25, -0.2) is 0 Å². The maximum absolute atomic E-state index is 12.7. The molecule has 152 valence electrons. The summed E-state index contributed by atoms with van der Waals surface area (Å²) in [5.74, 6) is -1.15. The predicted molar refractivity (Wildman–Crippen MR) is 101 cm³/mol. The summed E-state index contributed by atoms with van der Waals surface area (Å²) in [5.41, 5.74) is 3.73. The minimum atomic E-state index is -4.44. The third-order valence-electron chi connectivity index (χ3n) is 3.88. The molecule has 0 saturated carbocycles. The minimum absolute atomic E-state index is 0.102. The first-order chi connectivity index (χ1) is 13.5. The molecular formula is C20H19F3N4O2. The number of hydrogen-bond acceptors (Lipinski definition) is 4. The van der Waals surface area contributed by atoms with E-state index < -0.39 is 29.0 Å². The molecule has 0 aliphatic rings. The van der Waals surface area contributed by atoms with Crippen LogP contribution in [0.25, 0.3) is 0 Å². The van der Waals surface area contributed by atoms with Crippen molar-refractivity contribution in [3.8, 4) is 6.07 Å². The standard InChI is InChI=1S/C20H19F3N4O2/c1-19(2,12-24)11-17(28)26-27-18(29)15-5-3-4-6-16(15)25-14-9-7-13(8-10-14)20(21,22)23/h3-10,25H,11H2,1-2H3,(H,26,28)(H,27,29). The van der Waals surface area contributed by atoms with Crippen LogP contribution in [0.15, 0.2) is 48.5 Å². The SMILES string of the molecule is CC(C)(C#N)CC(=O)NNC(=O)c1ccccc1Nc1ccc(C(F)(F)F)cc1. The Bertz CT molecular complexity index is 932.